The monoisotopic (exact) mass is 283 g/mol. The molecule has 0 spiro atoms. The molecule has 1 aromatic carbocycles. The Kier molecular flexibility index (Phi) is 3.99. The van der Waals surface area contributed by atoms with Crippen molar-refractivity contribution in [2.75, 3.05) is 0 Å². The highest BCUT2D eigenvalue weighted by Gasteiger charge is 2.36. The van der Waals surface area contributed by atoms with Crippen LogP contribution in [0, 0.1) is 11.8 Å². The van der Waals surface area contributed by atoms with Crippen molar-refractivity contribution < 1.29 is 5.11 Å². The van der Waals surface area contributed by atoms with E-state index in [2.05, 4.69) is 43.1 Å². The molecule has 0 saturated heterocycles. The van der Waals surface area contributed by atoms with Gasteiger partial charge in [0.2, 0.25) is 0 Å². The van der Waals surface area contributed by atoms with Crippen LogP contribution in [0.1, 0.15) is 51.5 Å². The van der Waals surface area contributed by atoms with Gasteiger partial charge in [-0.1, -0.05) is 38.5 Å². The van der Waals surface area contributed by atoms with Crippen molar-refractivity contribution in [3.05, 3.63) is 42.1 Å². The molecule has 0 amide bonds. The summed E-state index contributed by atoms with van der Waals surface area (Å²) < 4.78 is 0. The van der Waals surface area contributed by atoms with E-state index >= 15 is 0 Å². The number of fused-ring (bicyclic) bond motifs is 1. The van der Waals surface area contributed by atoms with Gasteiger partial charge in [0.05, 0.1) is 11.1 Å². The van der Waals surface area contributed by atoms with E-state index in [0.29, 0.717) is 11.8 Å². The summed E-state index contributed by atoms with van der Waals surface area (Å²) in [4.78, 5) is 4.42. The van der Waals surface area contributed by atoms with Crippen LogP contribution in [0.5, 0.6) is 0 Å². The fourth-order valence-electron chi connectivity index (χ4n) is 3.85. The number of aromatic nitrogens is 1. The minimum absolute atomic E-state index is 0.642. The number of hydrogen-bond donors (Lipinski definition) is 1. The summed E-state index contributed by atoms with van der Waals surface area (Å²) in [5.41, 5.74) is 1.36. The summed E-state index contributed by atoms with van der Waals surface area (Å²) in [6.45, 7) is 4.54. The van der Waals surface area contributed by atoms with Gasteiger partial charge in [0.25, 0.3) is 0 Å². The van der Waals surface area contributed by atoms with E-state index in [4.69, 9.17) is 0 Å². The molecule has 3 rings (SSSR count). The van der Waals surface area contributed by atoms with Crippen molar-refractivity contribution in [1.29, 1.82) is 0 Å². The summed E-state index contributed by atoms with van der Waals surface area (Å²) in [5, 5.41) is 12.3. The van der Waals surface area contributed by atoms with E-state index in [1.54, 1.807) is 0 Å². The first-order valence-electron chi connectivity index (χ1n) is 8.14. The van der Waals surface area contributed by atoms with Crippen LogP contribution in [0.15, 0.2) is 36.5 Å². The maximum Gasteiger partial charge on any atom is 0.0900 e. The average Bonchev–Trinajstić information content (AvgIpc) is 2.46. The molecule has 2 aromatic rings. The van der Waals surface area contributed by atoms with Crippen molar-refractivity contribution in [3.8, 4) is 0 Å². The molecule has 1 N–H and O–H groups in total. The highest BCUT2D eigenvalue weighted by molar-refractivity contribution is 5.79. The Balaban J connectivity index is 1.88. The predicted octanol–water partition coefficient (Wildman–Crippen LogP) is 4.66. The number of benzene rings is 1. The van der Waals surface area contributed by atoms with E-state index in [1.165, 1.54) is 12.8 Å². The molecular formula is C19H25NO. The summed E-state index contributed by atoms with van der Waals surface area (Å²) in [6.07, 6.45) is 7.18. The SMILES string of the molecule is CC(C)CC1CCCC(O)(c2ccc3cccnc3c2)C1. The first-order chi connectivity index (χ1) is 10.1. The number of rotatable bonds is 3. The average molecular weight is 283 g/mol. The van der Waals surface area contributed by atoms with E-state index in [-0.39, 0.29) is 0 Å². The molecule has 21 heavy (non-hydrogen) atoms. The van der Waals surface area contributed by atoms with E-state index in [0.717, 1.165) is 35.7 Å². The molecule has 0 aliphatic heterocycles. The van der Waals surface area contributed by atoms with Gasteiger partial charge < -0.3 is 5.11 Å². The summed E-state index contributed by atoms with van der Waals surface area (Å²) in [5.74, 6) is 1.35. The Hall–Kier alpha value is -1.41. The lowest BCUT2D eigenvalue weighted by atomic mass is 9.72. The third-order valence-electron chi connectivity index (χ3n) is 4.78. The molecule has 2 atom stereocenters. The second-order valence-corrected chi connectivity index (χ2v) is 7.03. The Labute approximate surface area is 127 Å². The minimum Gasteiger partial charge on any atom is -0.385 e. The molecular weight excluding hydrogens is 258 g/mol. The first-order valence-corrected chi connectivity index (χ1v) is 8.14. The van der Waals surface area contributed by atoms with Crippen LogP contribution in [0.2, 0.25) is 0 Å². The molecule has 0 bridgehead atoms. The quantitative estimate of drug-likeness (QED) is 0.888. The van der Waals surface area contributed by atoms with Crippen LogP contribution >= 0.6 is 0 Å². The lowest BCUT2D eigenvalue weighted by Gasteiger charge is -2.38. The van der Waals surface area contributed by atoms with Crippen LogP contribution in [0.25, 0.3) is 10.9 Å². The lowest BCUT2D eigenvalue weighted by molar-refractivity contribution is -0.0243. The van der Waals surface area contributed by atoms with E-state index in [1.807, 2.05) is 12.3 Å². The van der Waals surface area contributed by atoms with Crippen LogP contribution in [-0.2, 0) is 5.60 Å². The zero-order valence-corrected chi connectivity index (χ0v) is 13.0. The Morgan fingerprint density at radius 1 is 1.33 bits per heavy atom. The van der Waals surface area contributed by atoms with Gasteiger partial charge in [-0.3, -0.25) is 4.98 Å². The molecule has 0 radical (unpaired) electrons. The number of hydrogen-bond acceptors (Lipinski definition) is 2. The van der Waals surface area contributed by atoms with E-state index in [9.17, 15) is 5.11 Å². The molecule has 1 aliphatic carbocycles. The Morgan fingerprint density at radius 3 is 3.00 bits per heavy atom. The molecule has 1 aromatic heterocycles. The highest BCUT2D eigenvalue weighted by atomic mass is 16.3. The van der Waals surface area contributed by atoms with Gasteiger partial charge in [-0.05, 0) is 55.2 Å². The van der Waals surface area contributed by atoms with Crippen LogP contribution in [0.4, 0.5) is 0 Å². The smallest absolute Gasteiger partial charge is 0.0900 e. The van der Waals surface area contributed by atoms with Gasteiger partial charge in [-0.2, -0.15) is 0 Å². The Bertz CT molecular complexity index is 622. The summed E-state index contributed by atoms with van der Waals surface area (Å²) in [7, 11) is 0. The van der Waals surface area contributed by atoms with Crippen molar-refractivity contribution in [2.45, 2.75) is 51.6 Å². The molecule has 1 heterocycles. The third kappa shape index (κ3) is 3.11. The van der Waals surface area contributed by atoms with Crippen LogP contribution in [0.3, 0.4) is 0 Å². The minimum atomic E-state index is -0.663. The molecule has 1 fully saturated rings. The molecule has 1 saturated carbocycles. The van der Waals surface area contributed by atoms with Gasteiger partial charge >= 0.3 is 0 Å². The van der Waals surface area contributed by atoms with Gasteiger partial charge in [0.15, 0.2) is 0 Å². The summed E-state index contributed by atoms with van der Waals surface area (Å²) >= 11 is 0. The standard InChI is InChI=1S/C19H25NO/c1-14(2)11-15-5-3-9-19(21,13-15)17-8-7-16-6-4-10-20-18(16)12-17/h4,6-8,10,12,14-15,21H,3,5,9,11,13H2,1-2H3. The molecule has 2 heteroatoms. The fraction of sp³-hybridized carbons (Fsp3) is 0.526. The summed E-state index contributed by atoms with van der Waals surface area (Å²) in [6, 6.07) is 10.3. The third-order valence-corrected chi connectivity index (χ3v) is 4.78. The van der Waals surface area contributed by atoms with Crippen molar-refractivity contribution >= 4 is 10.9 Å². The van der Waals surface area contributed by atoms with Crippen molar-refractivity contribution in [2.24, 2.45) is 11.8 Å². The van der Waals surface area contributed by atoms with Gasteiger partial charge in [-0.15, -0.1) is 0 Å². The highest BCUT2D eigenvalue weighted by Crippen LogP contribution is 2.42. The van der Waals surface area contributed by atoms with Gasteiger partial charge in [0.1, 0.15) is 0 Å². The second kappa shape index (κ2) is 5.76. The largest absolute Gasteiger partial charge is 0.385 e. The molecule has 2 nitrogen and oxygen atoms in total. The predicted molar refractivity (Wildman–Crippen MR) is 87.1 cm³/mol. The zero-order valence-electron chi connectivity index (χ0n) is 13.0. The maximum atomic E-state index is 11.2. The van der Waals surface area contributed by atoms with Crippen LogP contribution in [-0.4, -0.2) is 10.1 Å². The molecule has 112 valence electrons. The lowest BCUT2D eigenvalue weighted by Crippen LogP contribution is -2.33. The Morgan fingerprint density at radius 2 is 2.19 bits per heavy atom. The van der Waals surface area contributed by atoms with Crippen molar-refractivity contribution in [3.63, 3.8) is 0 Å². The molecule has 2 unspecified atom stereocenters. The number of nitrogens with zero attached hydrogens (tertiary/aromatic N) is 1. The second-order valence-electron chi connectivity index (χ2n) is 7.03. The first kappa shape index (κ1) is 14.5. The fourth-order valence-corrected chi connectivity index (χ4v) is 3.85. The normalized spacial score (nSPS) is 26.4. The van der Waals surface area contributed by atoms with E-state index < -0.39 is 5.60 Å². The van der Waals surface area contributed by atoms with Gasteiger partial charge in [0, 0.05) is 11.6 Å². The zero-order chi connectivity index (χ0) is 14.9. The van der Waals surface area contributed by atoms with Crippen LogP contribution < -0.4 is 0 Å². The number of aliphatic hydroxyl groups is 1. The molecule has 1 aliphatic rings. The van der Waals surface area contributed by atoms with Crippen molar-refractivity contribution in [1.82, 2.24) is 4.98 Å². The topological polar surface area (TPSA) is 33.1 Å². The number of pyridine rings is 1. The maximum absolute atomic E-state index is 11.2. The van der Waals surface area contributed by atoms with Gasteiger partial charge in [-0.25, -0.2) is 0 Å².